The van der Waals surface area contributed by atoms with E-state index in [0.29, 0.717) is 5.56 Å². The Hall–Kier alpha value is -1.36. The molecule has 1 aromatic carbocycles. The lowest BCUT2D eigenvalue weighted by atomic mass is 9.83. The Labute approximate surface area is 101 Å². The van der Waals surface area contributed by atoms with E-state index in [4.69, 9.17) is 5.11 Å². The van der Waals surface area contributed by atoms with E-state index in [9.17, 15) is 13.2 Å². The van der Waals surface area contributed by atoms with E-state index in [1.807, 2.05) is 0 Å². The Kier molecular flexibility index (Phi) is 3.62. The first-order valence-electron chi connectivity index (χ1n) is 5.14. The highest BCUT2D eigenvalue weighted by atomic mass is 32.2. The lowest BCUT2D eigenvalue weighted by Gasteiger charge is -2.25. The van der Waals surface area contributed by atoms with Gasteiger partial charge in [-0.1, -0.05) is 32.0 Å². The lowest BCUT2D eigenvalue weighted by Crippen LogP contribution is -2.29. The zero-order chi connectivity index (χ0) is 13.3. The molecule has 1 N–H and O–H groups in total. The van der Waals surface area contributed by atoms with Crippen LogP contribution in [0.5, 0.6) is 0 Å². The van der Waals surface area contributed by atoms with E-state index in [2.05, 4.69) is 0 Å². The number of hydrogen-bond donors (Lipinski definition) is 1. The molecule has 0 radical (unpaired) electrons. The third-order valence-corrected chi connectivity index (χ3v) is 3.76. The van der Waals surface area contributed by atoms with Gasteiger partial charge in [-0.2, -0.15) is 0 Å². The lowest BCUT2D eigenvalue weighted by molar-refractivity contribution is 0.0694. The molecule has 5 heteroatoms. The summed E-state index contributed by atoms with van der Waals surface area (Å²) in [5, 5.41) is 9.08. The van der Waals surface area contributed by atoms with Crippen molar-refractivity contribution in [3.63, 3.8) is 0 Å². The predicted molar refractivity (Wildman–Crippen MR) is 66.1 cm³/mol. The van der Waals surface area contributed by atoms with Crippen LogP contribution in [0.4, 0.5) is 0 Å². The normalized spacial score (nSPS) is 12.4. The summed E-state index contributed by atoms with van der Waals surface area (Å²) in [6.07, 6.45) is 1.15. The number of hydrogen-bond acceptors (Lipinski definition) is 3. The molecular weight excluding hydrogens is 240 g/mol. The molecule has 0 saturated carbocycles. The molecule has 0 heterocycles. The van der Waals surface area contributed by atoms with Crippen LogP contribution in [0.1, 0.15) is 29.8 Å². The van der Waals surface area contributed by atoms with Crippen LogP contribution in [0.3, 0.4) is 0 Å². The molecule has 0 bridgehead atoms. The topological polar surface area (TPSA) is 71.4 Å². The fourth-order valence-electron chi connectivity index (χ4n) is 1.99. The van der Waals surface area contributed by atoms with Gasteiger partial charge in [0.25, 0.3) is 0 Å². The van der Waals surface area contributed by atoms with Gasteiger partial charge in [-0.3, -0.25) is 0 Å². The highest BCUT2D eigenvalue weighted by Gasteiger charge is 2.29. The Balaban J connectivity index is 3.28. The van der Waals surface area contributed by atoms with E-state index in [1.165, 1.54) is 6.07 Å². The maximum Gasteiger partial charge on any atom is 0.335 e. The van der Waals surface area contributed by atoms with Crippen LogP contribution in [0.25, 0.3) is 0 Å². The van der Waals surface area contributed by atoms with E-state index >= 15 is 0 Å². The molecule has 0 spiro atoms. The number of carboxylic acids is 1. The third-order valence-electron chi connectivity index (χ3n) is 2.51. The van der Waals surface area contributed by atoms with Crippen molar-refractivity contribution in [1.82, 2.24) is 0 Å². The van der Waals surface area contributed by atoms with Crippen molar-refractivity contribution in [3.05, 3.63) is 35.4 Å². The molecule has 1 rings (SSSR count). The third kappa shape index (κ3) is 3.56. The molecule has 1 aromatic rings. The number of aromatic carboxylic acids is 1. The molecule has 0 unspecified atom stereocenters. The van der Waals surface area contributed by atoms with Gasteiger partial charge >= 0.3 is 5.97 Å². The zero-order valence-corrected chi connectivity index (χ0v) is 10.9. The van der Waals surface area contributed by atoms with Crippen LogP contribution in [-0.2, 0) is 15.3 Å². The second-order valence-electron chi connectivity index (χ2n) is 4.80. The molecule has 17 heavy (non-hydrogen) atoms. The zero-order valence-electron chi connectivity index (χ0n) is 10.1. The first kappa shape index (κ1) is 13.7. The predicted octanol–water partition coefficient (Wildman–Crippen LogP) is 1.71. The maximum absolute atomic E-state index is 11.4. The van der Waals surface area contributed by atoms with Crippen LogP contribution in [0, 0.1) is 0 Å². The van der Waals surface area contributed by atoms with Gasteiger partial charge in [-0.15, -0.1) is 0 Å². The van der Waals surface area contributed by atoms with Gasteiger partial charge in [0.2, 0.25) is 0 Å². The highest BCUT2D eigenvalue weighted by Crippen LogP contribution is 2.28. The molecule has 94 valence electrons. The average molecular weight is 256 g/mol. The first-order chi connectivity index (χ1) is 7.63. The van der Waals surface area contributed by atoms with Crippen molar-refractivity contribution in [3.8, 4) is 0 Å². The van der Waals surface area contributed by atoms with E-state index in [-0.39, 0.29) is 11.3 Å². The summed E-state index contributed by atoms with van der Waals surface area (Å²) in [5.41, 5.74) is -0.0261. The molecule has 0 saturated heterocycles. The van der Waals surface area contributed by atoms with Crippen LogP contribution in [-0.4, -0.2) is 31.5 Å². The first-order valence-corrected chi connectivity index (χ1v) is 7.20. The fraction of sp³-hybridized carbons (Fsp3) is 0.417. The molecule has 0 aliphatic heterocycles. The largest absolute Gasteiger partial charge is 0.478 e. The number of carbonyl (C=O) groups is 1. The fourth-order valence-corrected chi connectivity index (χ4v) is 3.46. The number of carboxylic acid groups (broad SMARTS) is 1. The summed E-state index contributed by atoms with van der Waals surface area (Å²) in [6.45, 7) is 3.46. The molecule has 4 nitrogen and oxygen atoms in total. The summed E-state index contributed by atoms with van der Waals surface area (Å²) >= 11 is 0. The van der Waals surface area contributed by atoms with E-state index < -0.39 is 21.2 Å². The van der Waals surface area contributed by atoms with E-state index in [1.54, 1.807) is 32.0 Å². The molecule has 0 amide bonds. The molecule has 0 aliphatic rings. The SMILES string of the molecule is CC(C)(CS(C)(=O)=O)c1ccccc1C(=O)O. The summed E-state index contributed by atoms with van der Waals surface area (Å²) < 4.78 is 22.7. The van der Waals surface area contributed by atoms with E-state index in [0.717, 1.165) is 6.26 Å². The van der Waals surface area contributed by atoms with Crippen molar-refractivity contribution in [2.45, 2.75) is 19.3 Å². The van der Waals surface area contributed by atoms with Gasteiger partial charge in [-0.05, 0) is 11.6 Å². The Morgan fingerprint density at radius 2 is 1.82 bits per heavy atom. The Bertz CT molecular complexity index is 529. The Morgan fingerprint density at radius 1 is 1.29 bits per heavy atom. The summed E-state index contributed by atoms with van der Waals surface area (Å²) in [6, 6.07) is 6.49. The monoisotopic (exact) mass is 256 g/mol. The summed E-state index contributed by atoms with van der Waals surface area (Å²) in [5.74, 6) is -1.12. The standard InChI is InChI=1S/C12H16O4S/c1-12(2,8-17(3,15)16)10-7-5-4-6-9(10)11(13)14/h4-7H,8H2,1-3H3,(H,13,14). The van der Waals surface area contributed by atoms with Gasteiger partial charge in [0.1, 0.15) is 9.84 Å². The molecular formula is C12H16O4S. The minimum atomic E-state index is -3.17. The summed E-state index contributed by atoms with van der Waals surface area (Å²) in [7, 11) is -3.17. The van der Waals surface area contributed by atoms with Gasteiger partial charge in [-0.25, -0.2) is 13.2 Å². The maximum atomic E-state index is 11.4. The highest BCUT2D eigenvalue weighted by molar-refractivity contribution is 7.90. The van der Waals surface area contributed by atoms with Crippen molar-refractivity contribution in [1.29, 1.82) is 0 Å². The van der Waals surface area contributed by atoms with Crippen molar-refractivity contribution in [2.24, 2.45) is 0 Å². The van der Waals surface area contributed by atoms with Crippen molar-refractivity contribution >= 4 is 15.8 Å². The van der Waals surface area contributed by atoms with Gasteiger partial charge in [0.15, 0.2) is 0 Å². The van der Waals surface area contributed by atoms with Gasteiger partial charge in [0.05, 0.1) is 11.3 Å². The van der Waals surface area contributed by atoms with Crippen molar-refractivity contribution < 1.29 is 18.3 Å². The molecule has 0 atom stereocenters. The number of benzene rings is 1. The minimum absolute atomic E-state index is 0.0791. The van der Waals surface area contributed by atoms with Crippen LogP contribution in [0.15, 0.2) is 24.3 Å². The second-order valence-corrected chi connectivity index (χ2v) is 6.94. The minimum Gasteiger partial charge on any atom is -0.478 e. The second kappa shape index (κ2) is 4.49. The van der Waals surface area contributed by atoms with Gasteiger partial charge in [0, 0.05) is 11.7 Å². The average Bonchev–Trinajstić information content (AvgIpc) is 2.14. The van der Waals surface area contributed by atoms with Crippen LogP contribution in [0.2, 0.25) is 0 Å². The Morgan fingerprint density at radius 3 is 2.29 bits per heavy atom. The molecule has 0 aromatic heterocycles. The van der Waals surface area contributed by atoms with Crippen LogP contribution < -0.4 is 0 Å². The molecule has 0 aliphatic carbocycles. The quantitative estimate of drug-likeness (QED) is 0.890. The summed E-state index contributed by atoms with van der Waals surface area (Å²) in [4.78, 5) is 11.1. The number of rotatable bonds is 4. The smallest absolute Gasteiger partial charge is 0.335 e. The molecule has 0 fully saturated rings. The van der Waals surface area contributed by atoms with Gasteiger partial charge < -0.3 is 5.11 Å². The van der Waals surface area contributed by atoms with Crippen LogP contribution >= 0.6 is 0 Å². The van der Waals surface area contributed by atoms with Crippen molar-refractivity contribution in [2.75, 3.05) is 12.0 Å². The number of sulfone groups is 1.